The quantitative estimate of drug-likeness (QED) is 0.624. The number of likely N-dealkylation sites (tertiary alicyclic amines) is 1. The van der Waals surface area contributed by atoms with Crippen molar-refractivity contribution in [3.05, 3.63) is 29.8 Å². The predicted octanol–water partition coefficient (Wildman–Crippen LogP) is 1.64. The number of amides is 1. The van der Waals surface area contributed by atoms with Crippen LogP contribution in [0.3, 0.4) is 0 Å². The average Bonchev–Trinajstić information content (AvgIpc) is 2.47. The maximum atomic E-state index is 13.0. The molecule has 1 atom stereocenters. The first-order valence-electron chi connectivity index (χ1n) is 6.69. The van der Waals surface area contributed by atoms with Gasteiger partial charge >= 0.3 is 5.97 Å². The maximum absolute atomic E-state index is 13.0. The van der Waals surface area contributed by atoms with E-state index in [9.17, 15) is 14.0 Å². The number of carbonyl (C=O) groups is 2. The minimum absolute atomic E-state index is 0.252. The molecule has 1 aromatic rings. The van der Waals surface area contributed by atoms with E-state index < -0.39 is 5.95 Å². The molecule has 20 heavy (non-hydrogen) atoms. The van der Waals surface area contributed by atoms with E-state index in [0.29, 0.717) is 26.1 Å². The number of ether oxygens (including phenoxy) is 1. The van der Waals surface area contributed by atoms with Gasteiger partial charge in [0.15, 0.2) is 0 Å². The standard InChI is InChI=1S/C14H17FN2O3/c1-2-20-14(19)11-4-3-7-17(9-11)13(18)10-5-6-16-12(15)8-10/h5-6,8,11H,2-4,7,9H2,1H3/t11-/m0/s1. The first kappa shape index (κ1) is 14.4. The Hall–Kier alpha value is -1.98. The SMILES string of the molecule is CCOC(=O)[C@H]1CCCN(C(=O)c2ccnc(F)c2)C1. The lowest BCUT2D eigenvalue weighted by Crippen LogP contribution is -2.42. The van der Waals surface area contributed by atoms with Crippen LogP contribution in [0.25, 0.3) is 0 Å². The number of pyridine rings is 1. The largest absolute Gasteiger partial charge is 0.466 e. The number of halogens is 1. The molecule has 1 fully saturated rings. The predicted molar refractivity (Wildman–Crippen MR) is 69.5 cm³/mol. The first-order valence-corrected chi connectivity index (χ1v) is 6.69. The van der Waals surface area contributed by atoms with E-state index in [2.05, 4.69) is 4.98 Å². The summed E-state index contributed by atoms with van der Waals surface area (Å²) in [6.07, 6.45) is 2.71. The molecular weight excluding hydrogens is 263 g/mol. The lowest BCUT2D eigenvalue weighted by Gasteiger charge is -2.31. The van der Waals surface area contributed by atoms with Crippen molar-refractivity contribution in [3.63, 3.8) is 0 Å². The van der Waals surface area contributed by atoms with Crippen LogP contribution < -0.4 is 0 Å². The summed E-state index contributed by atoms with van der Waals surface area (Å²) in [7, 11) is 0. The van der Waals surface area contributed by atoms with Gasteiger partial charge in [0.2, 0.25) is 5.95 Å². The third kappa shape index (κ3) is 3.31. The van der Waals surface area contributed by atoms with Gasteiger partial charge in [0.25, 0.3) is 5.91 Å². The molecule has 0 N–H and O–H groups in total. The van der Waals surface area contributed by atoms with E-state index in [4.69, 9.17) is 4.74 Å². The van der Waals surface area contributed by atoms with Crippen molar-refractivity contribution in [1.29, 1.82) is 0 Å². The molecule has 0 aliphatic carbocycles. The Morgan fingerprint density at radius 1 is 1.55 bits per heavy atom. The van der Waals surface area contributed by atoms with Crippen molar-refractivity contribution in [2.75, 3.05) is 19.7 Å². The van der Waals surface area contributed by atoms with Crippen LogP contribution in [0, 0.1) is 11.9 Å². The molecule has 0 bridgehead atoms. The molecule has 1 saturated heterocycles. The second-order valence-electron chi connectivity index (χ2n) is 4.71. The summed E-state index contributed by atoms with van der Waals surface area (Å²) in [5, 5.41) is 0. The highest BCUT2D eigenvalue weighted by Gasteiger charge is 2.29. The van der Waals surface area contributed by atoms with Gasteiger partial charge in [-0.1, -0.05) is 0 Å². The normalized spacial score (nSPS) is 18.7. The van der Waals surface area contributed by atoms with Crippen LogP contribution in [0.4, 0.5) is 4.39 Å². The van der Waals surface area contributed by atoms with Crippen molar-refractivity contribution < 1.29 is 18.7 Å². The highest BCUT2D eigenvalue weighted by molar-refractivity contribution is 5.94. The molecule has 1 amide bonds. The summed E-state index contributed by atoms with van der Waals surface area (Å²) in [4.78, 5) is 29.0. The van der Waals surface area contributed by atoms with Crippen LogP contribution in [-0.2, 0) is 9.53 Å². The summed E-state index contributed by atoms with van der Waals surface area (Å²) < 4.78 is 18.0. The Bertz CT molecular complexity index is 507. The molecular formula is C14H17FN2O3. The first-order chi connectivity index (χ1) is 9.61. The highest BCUT2D eigenvalue weighted by Crippen LogP contribution is 2.20. The fourth-order valence-corrected chi connectivity index (χ4v) is 2.33. The average molecular weight is 280 g/mol. The maximum Gasteiger partial charge on any atom is 0.310 e. The number of esters is 1. The van der Waals surface area contributed by atoms with Gasteiger partial charge in [-0.15, -0.1) is 0 Å². The third-order valence-corrected chi connectivity index (χ3v) is 3.30. The molecule has 0 radical (unpaired) electrons. The molecule has 0 spiro atoms. The van der Waals surface area contributed by atoms with Crippen LogP contribution in [-0.4, -0.2) is 41.5 Å². The Morgan fingerprint density at radius 3 is 3.05 bits per heavy atom. The lowest BCUT2D eigenvalue weighted by atomic mass is 9.97. The summed E-state index contributed by atoms with van der Waals surface area (Å²) in [5.74, 6) is -1.53. The smallest absolute Gasteiger partial charge is 0.310 e. The molecule has 0 aromatic carbocycles. The number of carbonyl (C=O) groups excluding carboxylic acids is 2. The highest BCUT2D eigenvalue weighted by atomic mass is 19.1. The van der Waals surface area contributed by atoms with Crippen LogP contribution in [0.1, 0.15) is 30.1 Å². The van der Waals surface area contributed by atoms with Crippen molar-refractivity contribution in [1.82, 2.24) is 9.88 Å². The van der Waals surface area contributed by atoms with Crippen LogP contribution in [0.15, 0.2) is 18.3 Å². The van der Waals surface area contributed by atoms with E-state index in [1.165, 1.54) is 12.3 Å². The van der Waals surface area contributed by atoms with E-state index in [-0.39, 0.29) is 23.4 Å². The van der Waals surface area contributed by atoms with Crippen molar-refractivity contribution >= 4 is 11.9 Å². The molecule has 2 heterocycles. The Morgan fingerprint density at radius 2 is 2.35 bits per heavy atom. The van der Waals surface area contributed by atoms with Gasteiger partial charge in [0, 0.05) is 30.9 Å². The molecule has 108 valence electrons. The Balaban J connectivity index is 2.05. The van der Waals surface area contributed by atoms with Crippen molar-refractivity contribution in [2.24, 2.45) is 5.92 Å². The molecule has 1 aromatic heterocycles. The van der Waals surface area contributed by atoms with Gasteiger partial charge in [0.1, 0.15) is 0 Å². The fourth-order valence-electron chi connectivity index (χ4n) is 2.33. The minimum atomic E-state index is -0.685. The number of rotatable bonds is 3. The Labute approximate surface area is 116 Å². The molecule has 0 unspecified atom stereocenters. The molecule has 5 nitrogen and oxygen atoms in total. The van der Waals surface area contributed by atoms with Crippen molar-refractivity contribution in [2.45, 2.75) is 19.8 Å². The second kappa shape index (κ2) is 6.45. The number of nitrogens with zero attached hydrogens (tertiary/aromatic N) is 2. The molecule has 0 saturated carbocycles. The zero-order valence-electron chi connectivity index (χ0n) is 11.3. The van der Waals surface area contributed by atoms with Gasteiger partial charge in [-0.3, -0.25) is 9.59 Å². The van der Waals surface area contributed by atoms with E-state index in [1.54, 1.807) is 11.8 Å². The van der Waals surface area contributed by atoms with E-state index >= 15 is 0 Å². The van der Waals surface area contributed by atoms with Crippen LogP contribution >= 0.6 is 0 Å². The molecule has 1 aliphatic heterocycles. The monoisotopic (exact) mass is 280 g/mol. The summed E-state index contributed by atoms with van der Waals surface area (Å²) in [6, 6.07) is 2.58. The Kier molecular flexibility index (Phi) is 4.65. The molecule has 6 heteroatoms. The van der Waals surface area contributed by atoms with Gasteiger partial charge in [-0.05, 0) is 25.8 Å². The zero-order chi connectivity index (χ0) is 14.5. The van der Waals surface area contributed by atoms with Crippen LogP contribution in [0.5, 0.6) is 0 Å². The molecule has 1 aliphatic rings. The van der Waals surface area contributed by atoms with Crippen molar-refractivity contribution in [3.8, 4) is 0 Å². The van der Waals surface area contributed by atoms with Gasteiger partial charge in [0.05, 0.1) is 12.5 Å². The topological polar surface area (TPSA) is 59.5 Å². The number of hydrogen-bond donors (Lipinski definition) is 0. The van der Waals surface area contributed by atoms with E-state index in [1.807, 2.05) is 0 Å². The fraction of sp³-hybridized carbons (Fsp3) is 0.500. The number of hydrogen-bond acceptors (Lipinski definition) is 4. The minimum Gasteiger partial charge on any atom is -0.466 e. The molecule has 2 rings (SSSR count). The third-order valence-electron chi connectivity index (χ3n) is 3.30. The van der Waals surface area contributed by atoms with Gasteiger partial charge in [-0.25, -0.2) is 4.98 Å². The summed E-state index contributed by atoms with van der Waals surface area (Å²) in [6.45, 7) is 2.97. The number of piperidine rings is 1. The zero-order valence-corrected chi connectivity index (χ0v) is 11.3. The van der Waals surface area contributed by atoms with Gasteiger partial charge in [-0.2, -0.15) is 4.39 Å². The number of aromatic nitrogens is 1. The second-order valence-corrected chi connectivity index (χ2v) is 4.71. The van der Waals surface area contributed by atoms with Crippen LogP contribution in [0.2, 0.25) is 0 Å². The lowest BCUT2D eigenvalue weighted by molar-refractivity contribution is -0.149. The van der Waals surface area contributed by atoms with E-state index in [0.717, 1.165) is 12.5 Å². The van der Waals surface area contributed by atoms with Gasteiger partial charge < -0.3 is 9.64 Å². The summed E-state index contributed by atoms with van der Waals surface area (Å²) >= 11 is 0. The summed E-state index contributed by atoms with van der Waals surface area (Å²) in [5.41, 5.74) is 0.252.